The minimum absolute atomic E-state index is 0.632. The molecule has 0 saturated carbocycles. The second-order valence-corrected chi connectivity index (χ2v) is 3.63. The summed E-state index contributed by atoms with van der Waals surface area (Å²) in [6.07, 6.45) is 0. The van der Waals surface area contributed by atoms with Gasteiger partial charge in [0.2, 0.25) is 0 Å². The minimum Gasteiger partial charge on any atom is -0.378 e. The van der Waals surface area contributed by atoms with Crippen LogP contribution in [0.4, 0.5) is 0 Å². The van der Waals surface area contributed by atoms with Gasteiger partial charge < -0.3 is 10.1 Å². The summed E-state index contributed by atoms with van der Waals surface area (Å²) in [5.41, 5.74) is 0. The molecule has 72 valence electrons. The summed E-state index contributed by atoms with van der Waals surface area (Å²) in [4.78, 5) is 2.50. The Labute approximate surface area is 75.1 Å². The van der Waals surface area contributed by atoms with Crippen molar-refractivity contribution in [3.63, 3.8) is 0 Å². The molecule has 1 rings (SSSR count). The standard InChI is InChI=1S/C9H20N2O/c1-8(2)11(5-4-10-3)9-6-12-7-9/h8-10H,4-7H2,1-3H3. The van der Waals surface area contributed by atoms with E-state index in [0.717, 1.165) is 26.3 Å². The van der Waals surface area contributed by atoms with Crippen molar-refractivity contribution < 1.29 is 4.74 Å². The number of ether oxygens (including phenoxy) is 1. The molecule has 1 aliphatic rings. The van der Waals surface area contributed by atoms with Crippen molar-refractivity contribution in [2.75, 3.05) is 33.4 Å². The summed E-state index contributed by atoms with van der Waals surface area (Å²) in [5.74, 6) is 0. The van der Waals surface area contributed by atoms with Gasteiger partial charge in [-0.2, -0.15) is 0 Å². The van der Waals surface area contributed by atoms with Crippen molar-refractivity contribution >= 4 is 0 Å². The predicted molar refractivity (Wildman–Crippen MR) is 50.4 cm³/mol. The largest absolute Gasteiger partial charge is 0.378 e. The molecule has 1 heterocycles. The monoisotopic (exact) mass is 172 g/mol. The minimum atomic E-state index is 0.632. The number of hydrogen-bond acceptors (Lipinski definition) is 3. The fourth-order valence-corrected chi connectivity index (χ4v) is 1.52. The fraction of sp³-hybridized carbons (Fsp3) is 1.00. The highest BCUT2D eigenvalue weighted by atomic mass is 16.5. The van der Waals surface area contributed by atoms with Crippen LogP contribution in [0.15, 0.2) is 0 Å². The zero-order valence-corrected chi connectivity index (χ0v) is 8.34. The van der Waals surface area contributed by atoms with E-state index in [1.165, 1.54) is 0 Å². The van der Waals surface area contributed by atoms with Crippen LogP contribution in [-0.4, -0.2) is 50.3 Å². The zero-order chi connectivity index (χ0) is 8.97. The fourth-order valence-electron chi connectivity index (χ4n) is 1.52. The van der Waals surface area contributed by atoms with Gasteiger partial charge in [0.15, 0.2) is 0 Å². The SMILES string of the molecule is CNCCN(C(C)C)C1COC1. The van der Waals surface area contributed by atoms with E-state index >= 15 is 0 Å². The van der Waals surface area contributed by atoms with Crippen LogP contribution in [0.3, 0.4) is 0 Å². The molecule has 3 heteroatoms. The highest BCUT2D eigenvalue weighted by Crippen LogP contribution is 2.12. The Morgan fingerprint density at radius 1 is 1.50 bits per heavy atom. The first-order chi connectivity index (χ1) is 5.75. The first-order valence-electron chi connectivity index (χ1n) is 4.73. The van der Waals surface area contributed by atoms with Gasteiger partial charge in [0.1, 0.15) is 0 Å². The molecular formula is C9H20N2O. The van der Waals surface area contributed by atoms with Crippen molar-refractivity contribution in [1.82, 2.24) is 10.2 Å². The third-order valence-corrected chi connectivity index (χ3v) is 2.37. The maximum Gasteiger partial charge on any atom is 0.0645 e. The zero-order valence-electron chi connectivity index (χ0n) is 8.34. The van der Waals surface area contributed by atoms with E-state index in [1.54, 1.807) is 0 Å². The van der Waals surface area contributed by atoms with E-state index < -0.39 is 0 Å². The molecule has 3 nitrogen and oxygen atoms in total. The van der Waals surface area contributed by atoms with Crippen LogP contribution >= 0.6 is 0 Å². The normalized spacial score (nSPS) is 18.8. The molecule has 0 atom stereocenters. The molecule has 0 radical (unpaired) electrons. The molecule has 0 unspecified atom stereocenters. The number of likely N-dealkylation sites (N-methyl/N-ethyl adjacent to an activating group) is 1. The number of rotatable bonds is 5. The van der Waals surface area contributed by atoms with E-state index in [2.05, 4.69) is 24.1 Å². The van der Waals surface area contributed by atoms with Crippen LogP contribution in [0.25, 0.3) is 0 Å². The van der Waals surface area contributed by atoms with Crippen molar-refractivity contribution in [2.45, 2.75) is 25.9 Å². The van der Waals surface area contributed by atoms with Crippen LogP contribution in [0.2, 0.25) is 0 Å². The van der Waals surface area contributed by atoms with E-state index in [4.69, 9.17) is 4.74 Å². The summed E-state index contributed by atoms with van der Waals surface area (Å²) in [7, 11) is 2.00. The molecular weight excluding hydrogens is 152 g/mol. The van der Waals surface area contributed by atoms with E-state index in [1.807, 2.05) is 7.05 Å². The lowest BCUT2D eigenvalue weighted by atomic mass is 10.1. The number of nitrogens with zero attached hydrogens (tertiary/aromatic N) is 1. The maximum absolute atomic E-state index is 5.18. The van der Waals surface area contributed by atoms with Crippen molar-refractivity contribution in [3.05, 3.63) is 0 Å². The molecule has 1 N–H and O–H groups in total. The first kappa shape index (κ1) is 9.96. The van der Waals surface area contributed by atoms with Gasteiger partial charge in [-0.25, -0.2) is 0 Å². The molecule has 0 aromatic heterocycles. The van der Waals surface area contributed by atoms with Gasteiger partial charge in [0, 0.05) is 19.1 Å². The summed E-state index contributed by atoms with van der Waals surface area (Å²) < 4.78 is 5.18. The highest BCUT2D eigenvalue weighted by Gasteiger charge is 2.26. The molecule has 0 amide bonds. The summed E-state index contributed by atoms with van der Waals surface area (Å²) in [6.45, 7) is 8.52. The molecule has 12 heavy (non-hydrogen) atoms. The van der Waals surface area contributed by atoms with Crippen molar-refractivity contribution in [3.8, 4) is 0 Å². The third kappa shape index (κ3) is 2.44. The average molecular weight is 172 g/mol. The van der Waals surface area contributed by atoms with Crippen molar-refractivity contribution in [2.24, 2.45) is 0 Å². The molecule has 0 bridgehead atoms. The Morgan fingerprint density at radius 3 is 2.50 bits per heavy atom. The Morgan fingerprint density at radius 2 is 2.17 bits per heavy atom. The van der Waals surface area contributed by atoms with Gasteiger partial charge in [-0.15, -0.1) is 0 Å². The number of hydrogen-bond donors (Lipinski definition) is 1. The predicted octanol–water partition coefficient (Wildman–Crippen LogP) is 0.315. The van der Waals surface area contributed by atoms with Gasteiger partial charge in [-0.1, -0.05) is 0 Å². The lowest BCUT2D eigenvalue weighted by molar-refractivity contribution is -0.0743. The third-order valence-electron chi connectivity index (χ3n) is 2.37. The first-order valence-corrected chi connectivity index (χ1v) is 4.73. The molecule has 1 saturated heterocycles. The summed E-state index contributed by atoms with van der Waals surface area (Å²) in [5, 5.41) is 3.17. The lowest BCUT2D eigenvalue weighted by Crippen LogP contribution is -2.53. The molecule has 0 aromatic carbocycles. The molecule has 1 aliphatic heterocycles. The summed E-state index contributed by atoms with van der Waals surface area (Å²) in [6, 6.07) is 1.30. The molecule has 0 aliphatic carbocycles. The van der Waals surface area contributed by atoms with Crippen LogP contribution in [0.5, 0.6) is 0 Å². The maximum atomic E-state index is 5.18. The lowest BCUT2D eigenvalue weighted by Gasteiger charge is -2.39. The van der Waals surface area contributed by atoms with Gasteiger partial charge >= 0.3 is 0 Å². The van der Waals surface area contributed by atoms with E-state index in [0.29, 0.717) is 12.1 Å². The number of nitrogens with one attached hydrogen (secondary N) is 1. The van der Waals surface area contributed by atoms with Gasteiger partial charge in [-0.05, 0) is 20.9 Å². The Bertz CT molecular complexity index is 124. The van der Waals surface area contributed by atoms with Crippen LogP contribution in [-0.2, 0) is 4.74 Å². The van der Waals surface area contributed by atoms with Gasteiger partial charge in [0.25, 0.3) is 0 Å². The van der Waals surface area contributed by atoms with Crippen LogP contribution in [0.1, 0.15) is 13.8 Å². The van der Waals surface area contributed by atoms with E-state index in [-0.39, 0.29) is 0 Å². The molecule has 1 fully saturated rings. The topological polar surface area (TPSA) is 24.5 Å². The second-order valence-electron chi connectivity index (χ2n) is 3.63. The smallest absolute Gasteiger partial charge is 0.0645 e. The highest BCUT2D eigenvalue weighted by molar-refractivity contribution is 4.79. The second kappa shape index (κ2) is 4.80. The van der Waals surface area contributed by atoms with Crippen LogP contribution in [0, 0.1) is 0 Å². The Balaban J connectivity index is 2.27. The van der Waals surface area contributed by atoms with Gasteiger partial charge in [-0.3, -0.25) is 4.90 Å². The van der Waals surface area contributed by atoms with Crippen molar-refractivity contribution in [1.29, 1.82) is 0 Å². The van der Waals surface area contributed by atoms with Gasteiger partial charge in [0.05, 0.1) is 19.3 Å². The average Bonchev–Trinajstić information content (AvgIpc) is 1.93. The Kier molecular flexibility index (Phi) is 3.98. The molecule has 0 aromatic rings. The molecule has 0 spiro atoms. The Hall–Kier alpha value is -0.120. The quantitative estimate of drug-likeness (QED) is 0.646. The van der Waals surface area contributed by atoms with E-state index in [9.17, 15) is 0 Å². The summed E-state index contributed by atoms with van der Waals surface area (Å²) >= 11 is 0. The van der Waals surface area contributed by atoms with Crippen LogP contribution < -0.4 is 5.32 Å².